The zero-order valence-corrected chi connectivity index (χ0v) is 11.4. The van der Waals surface area contributed by atoms with Crippen LogP contribution in [0.4, 0.5) is 5.69 Å². The summed E-state index contributed by atoms with van der Waals surface area (Å²) in [5.41, 5.74) is 0.488. The van der Waals surface area contributed by atoms with Crippen molar-refractivity contribution in [1.82, 2.24) is 10.3 Å². The molecule has 2 N–H and O–H groups in total. The van der Waals surface area contributed by atoms with Crippen LogP contribution in [0.2, 0.25) is 0 Å². The second-order valence-electron chi connectivity index (χ2n) is 4.68. The van der Waals surface area contributed by atoms with Crippen LogP contribution in [0.15, 0.2) is 30.5 Å². The normalized spacial score (nSPS) is 12.1. The highest BCUT2D eigenvalue weighted by atomic mass is 16.6. The summed E-state index contributed by atoms with van der Waals surface area (Å²) < 4.78 is 0. The molecule has 0 saturated heterocycles. The number of carbonyl (C=O) groups excluding carboxylic acids is 1. The Bertz CT molecular complexity index is 685. The van der Waals surface area contributed by atoms with Crippen molar-refractivity contribution in [2.45, 2.75) is 19.4 Å². The number of nitrogens with zero attached hydrogens (tertiary/aromatic N) is 2. The molecule has 1 aromatic carbocycles. The van der Waals surface area contributed by atoms with E-state index >= 15 is 0 Å². The van der Waals surface area contributed by atoms with Crippen LogP contribution in [0, 0.1) is 10.1 Å². The van der Waals surface area contributed by atoms with Crippen LogP contribution < -0.4 is 5.32 Å². The predicted molar refractivity (Wildman–Crippen MR) is 77.0 cm³/mol. The monoisotopic (exact) mass is 289 g/mol. The van der Waals surface area contributed by atoms with Crippen LogP contribution in [-0.4, -0.2) is 33.6 Å². The lowest BCUT2D eigenvalue weighted by Gasteiger charge is -2.08. The lowest BCUT2D eigenvalue weighted by molar-refractivity contribution is -0.383. The first-order valence-electron chi connectivity index (χ1n) is 6.49. The summed E-state index contributed by atoms with van der Waals surface area (Å²) in [4.78, 5) is 26.7. The maximum Gasteiger partial charge on any atom is 0.278 e. The van der Waals surface area contributed by atoms with Gasteiger partial charge in [0, 0.05) is 18.8 Å². The van der Waals surface area contributed by atoms with E-state index in [9.17, 15) is 14.9 Å². The van der Waals surface area contributed by atoms with Gasteiger partial charge in [-0.15, -0.1) is 0 Å². The molecule has 7 heteroatoms. The van der Waals surface area contributed by atoms with Crippen molar-refractivity contribution < 1.29 is 14.8 Å². The van der Waals surface area contributed by atoms with Gasteiger partial charge in [-0.05, 0) is 31.5 Å². The van der Waals surface area contributed by atoms with Crippen molar-refractivity contribution in [1.29, 1.82) is 0 Å². The molecule has 0 bridgehead atoms. The molecular weight excluding hydrogens is 274 g/mol. The van der Waals surface area contributed by atoms with E-state index < -0.39 is 11.0 Å². The van der Waals surface area contributed by atoms with Crippen molar-refractivity contribution >= 4 is 22.5 Å². The smallest absolute Gasteiger partial charge is 0.278 e. The second kappa shape index (κ2) is 6.27. The van der Waals surface area contributed by atoms with Crippen molar-refractivity contribution in [3.05, 3.63) is 46.1 Å². The number of fused-ring (bicyclic) bond motifs is 1. The van der Waals surface area contributed by atoms with Crippen LogP contribution in [0.5, 0.6) is 0 Å². The summed E-state index contributed by atoms with van der Waals surface area (Å²) in [7, 11) is 0. The minimum Gasteiger partial charge on any atom is -0.393 e. The number of pyridine rings is 1. The van der Waals surface area contributed by atoms with E-state index in [-0.39, 0.29) is 17.2 Å². The van der Waals surface area contributed by atoms with Crippen LogP contribution in [0.3, 0.4) is 0 Å². The van der Waals surface area contributed by atoms with Crippen LogP contribution in [-0.2, 0) is 0 Å². The number of aliphatic hydroxyl groups excluding tert-OH is 1. The second-order valence-corrected chi connectivity index (χ2v) is 4.68. The number of nitro benzene ring substituents is 1. The number of non-ortho nitro benzene ring substituents is 1. The Morgan fingerprint density at radius 3 is 2.90 bits per heavy atom. The molecule has 110 valence electrons. The van der Waals surface area contributed by atoms with Gasteiger partial charge in [-0.2, -0.15) is 0 Å². The van der Waals surface area contributed by atoms with Gasteiger partial charge in [0.25, 0.3) is 11.6 Å². The topological polar surface area (TPSA) is 105 Å². The first kappa shape index (κ1) is 14.9. The zero-order chi connectivity index (χ0) is 15.4. The van der Waals surface area contributed by atoms with Gasteiger partial charge in [-0.1, -0.05) is 0 Å². The molecule has 0 aliphatic heterocycles. The lowest BCUT2D eigenvalue weighted by Crippen LogP contribution is -2.26. The molecule has 0 spiro atoms. The van der Waals surface area contributed by atoms with Crippen LogP contribution in [0.1, 0.15) is 23.7 Å². The third-order valence-electron chi connectivity index (χ3n) is 3.04. The van der Waals surface area contributed by atoms with Crippen LogP contribution >= 0.6 is 0 Å². The average Bonchev–Trinajstić information content (AvgIpc) is 2.45. The molecule has 1 aromatic heterocycles. The first-order valence-corrected chi connectivity index (χ1v) is 6.49. The molecule has 1 amide bonds. The summed E-state index contributed by atoms with van der Waals surface area (Å²) in [5, 5.41) is 23.1. The molecule has 0 aliphatic carbocycles. The Labute approximate surface area is 120 Å². The number of nitrogens with one attached hydrogen (secondary N) is 1. The average molecular weight is 289 g/mol. The predicted octanol–water partition coefficient (Wildman–Crippen LogP) is 1.64. The molecule has 1 atom stereocenters. The highest BCUT2D eigenvalue weighted by Gasteiger charge is 2.18. The van der Waals surface area contributed by atoms with E-state index in [0.29, 0.717) is 23.9 Å². The third-order valence-corrected chi connectivity index (χ3v) is 3.04. The Balaban J connectivity index is 2.35. The Hall–Kier alpha value is -2.54. The van der Waals surface area contributed by atoms with Crippen molar-refractivity contribution in [2.24, 2.45) is 0 Å². The molecular formula is C14H15N3O4. The molecule has 0 fully saturated rings. The fourth-order valence-corrected chi connectivity index (χ4v) is 1.99. The summed E-state index contributed by atoms with van der Waals surface area (Å²) >= 11 is 0. The SMILES string of the molecule is CC(O)CCNC(=O)c1ccc([N+](=O)[O-])c2cccnc12. The van der Waals surface area contributed by atoms with E-state index in [2.05, 4.69) is 10.3 Å². The number of nitro groups is 1. The highest BCUT2D eigenvalue weighted by molar-refractivity contribution is 6.07. The van der Waals surface area contributed by atoms with Gasteiger partial charge in [0.05, 0.1) is 27.5 Å². The van der Waals surface area contributed by atoms with Gasteiger partial charge in [-0.25, -0.2) is 0 Å². The fourth-order valence-electron chi connectivity index (χ4n) is 1.99. The molecule has 1 heterocycles. The van der Waals surface area contributed by atoms with Gasteiger partial charge in [-0.3, -0.25) is 19.9 Å². The Morgan fingerprint density at radius 1 is 1.48 bits per heavy atom. The molecule has 0 radical (unpaired) electrons. The maximum absolute atomic E-state index is 12.1. The molecule has 2 rings (SSSR count). The zero-order valence-electron chi connectivity index (χ0n) is 11.4. The number of benzene rings is 1. The minimum atomic E-state index is -0.503. The summed E-state index contributed by atoms with van der Waals surface area (Å²) in [6.07, 6.45) is 1.42. The number of aromatic nitrogens is 1. The molecule has 21 heavy (non-hydrogen) atoms. The van der Waals surface area contributed by atoms with E-state index in [4.69, 9.17) is 5.11 Å². The van der Waals surface area contributed by atoms with Crippen LogP contribution in [0.25, 0.3) is 10.9 Å². The third kappa shape index (κ3) is 3.32. The number of hydrogen-bond donors (Lipinski definition) is 2. The Kier molecular flexibility index (Phi) is 4.44. The Morgan fingerprint density at radius 2 is 2.24 bits per heavy atom. The highest BCUT2D eigenvalue weighted by Crippen LogP contribution is 2.26. The number of rotatable bonds is 5. The minimum absolute atomic E-state index is 0.0846. The summed E-state index contributed by atoms with van der Waals surface area (Å²) in [6, 6.07) is 5.84. The van der Waals surface area contributed by atoms with Gasteiger partial charge in [0.2, 0.25) is 0 Å². The van der Waals surface area contributed by atoms with E-state index in [1.165, 1.54) is 18.3 Å². The standard InChI is InChI=1S/C14H15N3O4/c1-9(18)6-8-16-14(19)11-4-5-12(17(20)21)10-3-2-7-15-13(10)11/h2-5,7,9,18H,6,8H2,1H3,(H,16,19). The van der Waals surface area contributed by atoms with E-state index in [1.807, 2.05) is 0 Å². The summed E-state index contributed by atoms with van der Waals surface area (Å²) in [5.74, 6) is -0.366. The van der Waals surface area contributed by atoms with E-state index in [0.717, 1.165) is 0 Å². The number of amides is 1. The van der Waals surface area contributed by atoms with Crippen molar-refractivity contribution in [2.75, 3.05) is 6.54 Å². The quantitative estimate of drug-likeness (QED) is 0.643. The molecule has 0 saturated carbocycles. The van der Waals surface area contributed by atoms with Gasteiger partial charge >= 0.3 is 0 Å². The number of hydrogen-bond acceptors (Lipinski definition) is 5. The number of carbonyl (C=O) groups is 1. The lowest BCUT2D eigenvalue weighted by atomic mass is 10.1. The van der Waals surface area contributed by atoms with Gasteiger partial charge in [0.1, 0.15) is 0 Å². The largest absolute Gasteiger partial charge is 0.393 e. The fraction of sp³-hybridized carbons (Fsp3) is 0.286. The molecule has 2 aromatic rings. The van der Waals surface area contributed by atoms with Crippen molar-refractivity contribution in [3.8, 4) is 0 Å². The summed E-state index contributed by atoms with van der Waals surface area (Å²) in [6.45, 7) is 1.96. The maximum atomic E-state index is 12.1. The van der Waals surface area contributed by atoms with Gasteiger partial charge in [0.15, 0.2) is 0 Å². The first-order chi connectivity index (χ1) is 10.0. The molecule has 1 unspecified atom stereocenters. The number of aliphatic hydroxyl groups is 1. The van der Waals surface area contributed by atoms with Crippen molar-refractivity contribution in [3.63, 3.8) is 0 Å². The van der Waals surface area contributed by atoms with Gasteiger partial charge < -0.3 is 10.4 Å². The molecule has 7 nitrogen and oxygen atoms in total. The molecule has 0 aliphatic rings. The van der Waals surface area contributed by atoms with E-state index in [1.54, 1.807) is 19.1 Å².